The van der Waals surface area contributed by atoms with E-state index in [0.717, 1.165) is 13.0 Å². The van der Waals surface area contributed by atoms with Gasteiger partial charge in [-0.3, -0.25) is 0 Å². The van der Waals surface area contributed by atoms with Gasteiger partial charge in [0.2, 0.25) is 0 Å². The fourth-order valence-electron chi connectivity index (χ4n) is 2.37. The van der Waals surface area contributed by atoms with Gasteiger partial charge in [0, 0.05) is 11.0 Å². The third-order valence-corrected chi connectivity index (χ3v) is 3.81. The summed E-state index contributed by atoms with van der Waals surface area (Å²) in [5.41, 5.74) is 1.77. The second kappa shape index (κ2) is 6.41. The third kappa shape index (κ3) is 3.91. The smallest absolute Gasteiger partial charge is 0.0207 e. The Morgan fingerprint density at radius 3 is 2.56 bits per heavy atom. The molecule has 0 aliphatic heterocycles. The molecule has 0 aliphatic carbocycles. The Balaban J connectivity index is 2.79. The quantitative estimate of drug-likeness (QED) is 0.832. The van der Waals surface area contributed by atoms with E-state index in [1.807, 2.05) is 7.05 Å². The summed E-state index contributed by atoms with van der Waals surface area (Å²) in [5, 5.41) is 3.32. The van der Waals surface area contributed by atoms with Crippen molar-refractivity contribution < 1.29 is 0 Å². The molecule has 0 radical (unpaired) electrons. The Hall–Kier alpha value is -0.340. The Kier molecular flexibility index (Phi) is 5.50. The zero-order valence-corrected chi connectivity index (χ0v) is 12.1. The van der Waals surface area contributed by atoms with Crippen LogP contribution in [0.25, 0.3) is 0 Å². The number of nitrogens with one attached hydrogen (secondary N) is 1. The van der Waals surface area contributed by atoms with Gasteiger partial charge in [-0.15, -0.1) is 0 Å². The molecule has 0 fully saturated rings. The van der Waals surface area contributed by atoms with E-state index in [9.17, 15) is 0 Å². The minimum absolute atomic E-state index is 0.355. The molecule has 0 spiro atoms. The lowest BCUT2D eigenvalue weighted by molar-refractivity contribution is 0.282. The molecular weight excluding hydrogens is 262 g/mol. The number of benzene rings is 1. The predicted molar refractivity (Wildman–Crippen MR) is 74.8 cm³/mol. The van der Waals surface area contributed by atoms with Crippen molar-refractivity contribution in [2.75, 3.05) is 13.6 Å². The molecule has 1 rings (SSSR count). The highest BCUT2D eigenvalue weighted by molar-refractivity contribution is 9.10. The highest BCUT2D eigenvalue weighted by Crippen LogP contribution is 2.30. The van der Waals surface area contributed by atoms with Crippen LogP contribution in [0.1, 0.15) is 32.3 Å². The molecule has 0 heterocycles. The summed E-state index contributed by atoms with van der Waals surface area (Å²) in [6.45, 7) is 5.70. The summed E-state index contributed by atoms with van der Waals surface area (Å²) in [4.78, 5) is 0. The van der Waals surface area contributed by atoms with Crippen molar-refractivity contribution in [3.05, 3.63) is 34.3 Å². The monoisotopic (exact) mass is 283 g/mol. The lowest BCUT2D eigenvalue weighted by Crippen LogP contribution is -2.31. The Morgan fingerprint density at radius 1 is 1.31 bits per heavy atom. The first-order valence-electron chi connectivity index (χ1n) is 5.99. The van der Waals surface area contributed by atoms with E-state index in [1.54, 1.807) is 0 Å². The van der Waals surface area contributed by atoms with Crippen LogP contribution in [0.4, 0.5) is 0 Å². The molecule has 0 saturated heterocycles. The van der Waals surface area contributed by atoms with Gasteiger partial charge in [-0.05, 0) is 36.9 Å². The molecule has 0 aromatic heterocycles. The van der Waals surface area contributed by atoms with E-state index >= 15 is 0 Å². The van der Waals surface area contributed by atoms with Gasteiger partial charge >= 0.3 is 0 Å². The van der Waals surface area contributed by atoms with E-state index in [4.69, 9.17) is 0 Å². The molecule has 90 valence electrons. The van der Waals surface area contributed by atoms with Gasteiger partial charge < -0.3 is 5.32 Å². The topological polar surface area (TPSA) is 12.0 Å². The van der Waals surface area contributed by atoms with Crippen molar-refractivity contribution in [1.29, 1.82) is 0 Å². The lowest BCUT2D eigenvalue weighted by Gasteiger charge is -2.29. The first-order valence-corrected chi connectivity index (χ1v) is 6.78. The summed E-state index contributed by atoms with van der Waals surface area (Å²) in [6.07, 6.45) is 3.63. The Morgan fingerprint density at radius 2 is 2.00 bits per heavy atom. The standard InChI is InChI=1S/C14H22BrN/c1-4-9-14(2,11-16-3)10-12-7-5-6-8-13(12)15/h5-8,16H,4,9-11H2,1-3H3. The molecular formula is C14H22BrN. The summed E-state index contributed by atoms with van der Waals surface area (Å²) >= 11 is 3.63. The highest BCUT2D eigenvalue weighted by atomic mass is 79.9. The van der Waals surface area contributed by atoms with Crippen molar-refractivity contribution in [1.82, 2.24) is 5.32 Å². The van der Waals surface area contributed by atoms with Crippen LogP contribution in [0.5, 0.6) is 0 Å². The number of hydrogen-bond acceptors (Lipinski definition) is 1. The summed E-state index contributed by atoms with van der Waals surface area (Å²) < 4.78 is 1.23. The van der Waals surface area contributed by atoms with Gasteiger partial charge in [0.25, 0.3) is 0 Å². The lowest BCUT2D eigenvalue weighted by atomic mass is 9.79. The Bertz CT molecular complexity index is 316. The molecule has 1 nitrogen and oxygen atoms in total. The van der Waals surface area contributed by atoms with Crippen LogP contribution >= 0.6 is 15.9 Å². The molecule has 1 aromatic rings. The molecule has 1 atom stereocenters. The van der Waals surface area contributed by atoms with Gasteiger partial charge in [-0.25, -0.2) is 0 Å². The summed E-state index contributed by atoms with van der Waals surface area (Å²) in [6, 6.07) is 8.53. The third-order valence-electron chi connectivity index (χ3n) is 3.03. The average molecular weight is 284 g/mol. The van der Waals surface area contributed by atoms with E-state index < -0.39 is 0 Å². The van der Waals surface area contributed by atoms with E-state index in [2.05, 4.69) is 59.4 Å². The van der Waals surface area contributed by atoms with Crippen molar-refractivity contribution in [3.63, 3.8) is 0 Å². The maximum atomic E-state index is 3.63. The minimum Gasteiger partial charge on any atom is -0.319 e. The molecule has 1 aromatic carbocycles. The second-order valence-corrected chi connectivity index (χ2v) is 5.71. The molecule has 1 N–H and O–H groups in total. The Labute approximate surface area is 108 Å². The fraction of sp³-hybridized carbons (Fsp3) is 0.571. The minimum atomic E-state index is 0.355. The summed E-state index contributed by atoms with van der Waals surface area (Å²) in [5.74, 6) is 0. The molecule has 2 heteroatoms. The van der Waals surface area contributed by atoms with E-state index in [-0.39, 0.29) is 0 Å². The first-order chi connectivity index (χ1) is 7.61. The van der Waals surface area contributed by atoms with Crippen LogP contribution in [-0.4, -0.2) is 13.6 Å². The number of hydrogen-bond donors (Lipinski definition) is 1. The zero-order chi connectivity index (χ0) is 12.0. The largest absolute Gasteiger partial charge is 0.319 e. The van der Waals surface area contributed by atoms with Crippen molar-refractivity contribution >= 4 is 15.9 Å². The number of halogens is 1. The van der Waals surface area contributed by atoms with Crippen LogP contribution in [0, 0.1) is 5.41 Å². The van der Waals surface area contributed by atoms with Crippen LogP contribution in [0.2, 0.25) is 0 Å². The molecule has 1 unspecified atom stereocenters. The molecule has 0 aliphatic rings. The van der Waals surface area contributed by atoms with Crippen molar-refractivity contribution in [2.24, 2.45) is 5.41 Å². The second-order valence-electron chi connectivity index (χ2n) is 4.86. The fourth-order valence-corrected chi connectivity index (χ4v) is 2.80. The zero-order valence-electron chi connectivity index (χ0n) is 10.5. The van der Waals surface area contributed by atoms with Crippen molar-refractivity contribution in [3.8, 4) is 0 Å². The van der Waals surface area contributed by atoms with Gasteiger partial charge in [0.15, 0.2) is 0 Å². The van der Waals surface area contributed by atoms with Gasteiger partial charge in [0.05, 0.1) is 0 Å². The molecule has 0 saturated carbocycles. The van der Waals surface area contributed by atoms with Crippen molar-refractivity contribution in [2.45, 2.75) is 33.1 Å². The molecule has 0 amide bonds. The number of rotatable bonds is 6. The first kappa shape index (κ1) is 13.7. The normalized spacial score (nSPS) is 14.8. The van der Waals surface area contributed by atoms with Crippen LogP contribution < -0.4 is 5.32 Å². The van der Waals surface area contributed by atoms with Gasteiger partial charge in [0.1, 0.15) is 0 Å². The van der Waals surface area contributed by atoms with E-state index in [1.165, 1.54) is 22.9 Å². The van der Waals surface area contributed by atoms with Gasteiger partial charge in [-0.2, -0.15) is 0 Å². The van der Waals surface area contributed by atoms with Crippen LogP contribution in [-0.2, 0) is 6.42 Å². The maximum Gasteiger partial charge on any atom is 0.0207 e. The molecule has 16 heavy (non-hydrogen) atoms. The van der Waals surface area contributed by atoms with Gasteiger partial charge in [-0.1, -0.05) is 54.4 Å². The predicted octanol–water partition coefficient (Wildman–Crippen LogP) is 4.02. The van der Waals surface area contributed by atoms with Crippen LogP contribution in [0.15, 0.2) is 28.7 Å². The van der Waals surface area contributed by atoms with E-state index in [0.29, 0.717) is 5.41 Å². The summed E-state index contributed by atoms with van der Waals surface area (Å²) in [7, 11) is 2.04. The molecule has 0 bridgehead atoms. The maximum absolute atomic E-state index is 3.63. The highest BCUT2D eigenvalue weighted by Gasteiger charge is 2.23. The average Bonchev–Trinajstić information content (AvgIpc) is 2.22. The van der Waals surface area contributed by atoms with Crippen LogP contribution in [0.3, 0.4) is 0 Å². The SMILES string of the molecule is CCCC(C)(CNC)Cc1ccccc1Br.